The van der Waals surface area contributed by atoms with Gasteiger partial charge in [0.2, 0.25) is 0 Å². The van der Waals surface area contributed by atoms with Crippen molar-refractivity contribution in [3.05, 3.63) is 22.8 Å². The van der Waals surface area contributed by atoms with Gasteiger partial charge in [-0.1, -0.05) is 57.4 Å². The lowest BCUT2D eigenvalue weighted by Crippen LogP contribution is -2.55. The third-order valence-electron chi connectivity index (χ3n) is 11.6. The maximum absolute atomic E-state index is 12.5. The van der Waals surface area contributed by atoms with Gasteiger partial charge in [-0.15, -0.1) is 0 Å². The fourth-order valence-electron chi connectivity index (χ4n) is 9.41. The summed E-state index contributed by atoms with van der Waals surface area (Å²) in [7, 11) is 0. The predicted octanol–water partition coefficient (Wildman–Crippen LogP) is 7.54. The molecule has 7 atom stereocenters. The van der Waals surface area contributed by atoms with E-state index in [4.69, 9.17) is 0 Å². The second-order valence-corrected chi connectivity index (χ2v) is 13.5. The first kappa shape index (κ1) is 25.0. The molecule has 0 saturated heterocycles. The summed E-state index contributed by atoms with van der Waals surface area (Å²) >= 11 is 0. The number of rotatable bonds is 5. The van der Waals surface area contributed by atoms with Gasteiger partial charge in [0.25, 0.3) is 0 Å². The molecule has 33 heavy (non-hydrogen) atoms. The van der Waals surface area contributed by atoms with Gasteiger partial charge in [0, 0.05) is 0 Å². The number of hydrogen-bond acceptors (Lipinski definition) is 2. The number of aliphatic carboxylic acids is 1. The Labute approximate surface area is 202 Å². The average Bonchev–Trinajstić information content (AvgIpc) is 3.00. The van der Waals surface area contributed by atoms with Crippen LogP contribution in [0.2, 0.25) is 0 Å². The fourth-order valence-corrected chi connectivity index (χ4v) is 9.41. The Hall–Kier alpha value is -1.09. The van der Waals surface area contributed by atoms with E-state index in [1.165, 1.54) is 12.0 Å². The van der Waals surface area contributed by atoms with E-state index in [1.807, 2.05) is 0 Å². The van der Waals surface area contributed by atoms with Crippen molar-refractivity contribution in [1.82, 2.24) is 0 Å². The van der Waals surface area contributed by atoms with E-state index in [0.29, 0.717) is 5.92 Å². The summed E-state index contributed by atoms with van der Waals surface area (Å²) in [5, 5.41) is 21.0. The molecule has 0 aromatic carbocycles. The molecule has 0 aromatic rings. The van der Waals surface area contributed by atoms with Gasteiger partial charge in [-0.25, -0.2) is 0 Å². The minimum absolute atomic E-state index is 0.0370. The summed E-state index contributed by atoms with van der Waals surface area (Å²) in [6.45, 7) is 16.2. The highest BCUT2D eigenvalue weighted by Gasteiger charge is 2.64. The molecule has 0 radical (unpaired) electrons. The summed E-state index contributed by atoms with van der Waals surface area (Å²) in [5.41, 5.74) is 5.00. The molecule has 0 aliphatic heterocycles. The monoisotopic (exact) mass is 456 g/mol. The molecule has 4 aliphatic carbocycles. The molecule has 2 N–H and O–H groups in total. The van der Waals surface area contributed by atoms with E-state index in [0.717, 1.165) is 57.8 Å². The zero-order valence-corrected chi connectivity index (χ0v) is 22.3. The number of hydrogen-bond donors (Lipinski definition) is 2. The molecule has 0 bridgehead atoms. The Kier molecular flexibility index (Phi) is 6.25. The fraction of sp³-hybridized carbons (Fsp3) is 0.833. The number of carboxylic acid groups (broad SMARTS) is 1. The lowest BCUT2D eigenvalue weighted by molar-refractivity contribution is -0.146. The standard InChI is InChI=1S/C30H48O3/c1-19(2)9-8-10-20(26(32)33)21-13-17-30(7)23-11-12-24-27(3,4)25(31)15-16-28(24,5)22(23)14-18-29(21,30)6/h9,20-21,24-25,31H,8,10-18H2,1-7H3,(H,32,33)/t20-,21+,24+,25-,28-,29+,30-/m1/s1. The molecular formula is C30H48O3. The number of aliphatic hydroxyl groups is 1. The number of fused-ring (bicyclic) bond motifs is 4. The van der Waals surface area contributed by atoms with Gasteiger partial charge in [-0.3, -0.25) is 4.79 Å². The van der Waals surface area contributed by atoms with E-state index in [-0.39, 0.29) is 39.6 Å². The first-order valence-electron chi connectivity index (χ1n) is 13.6. The summed E-state index contributed by atoms with van der Waals surface area (Å²) in [5.74, 6) is -0.0420. The SMILES string of the molecule is CC(C)=CCC[C@@H](C(=O)O)[C@@H]1CC[C@]2(C)C3=C(CC[C@@]12C)[C@@]1(C)CC[C@@H](O)C(C)(C)[C@@H]1CC3. The van der Waals surface area contributed by atoms with Crippen molar-refractivity contribution in [3.63, 3.8) is 0 Å². The lowest BCUT2D eigenvalue weighted by Gasteiger charge is -2.62. The third kappa shape index (κ3) is 3.58. The van der Waals surface area contributed by atoms with Gasteiger partial charge in [0.15, 0.2) is 0 Å². The van der Waals surface area contributed by atoms with Crippen LogP contribution in [-0.2, 0) is 4.79 Å². The summed E-state index contributed by atoms with van der Waals surface area (Å²) < 4.78 is 0. The highest BCUT2D eigenvalue weighted by molar-refractivity contribution is 5.70. The predicted molar refractivity (Wildman–Crippen MR) is 135 cm³/mol. The van der Waals surface area contributed by atoms with Crippen molar-refractivity contribution in [3.8, 4) is 0 Å². The smallest absolute Gasteiger partial charge is 0.306 e. The van der Waals surface area contributed by atoms with E-state index in [2.05, 4.69) is 54.5 Å². The molecule has 3 heteroatoms. The first-order valence-corrected chi connectivity index (χ1v) is 13.6. The van der Waals surface area contributed by atoms with Crippen LogP contribution in [0.3, 0.4) is 0 Å². The van der Waals surface area contributed by atoms with Crippen molar-refractivity contribution in [2.75, 3.05) is 0 Å². The molecule has 0 amide bonds. The number of allylic oxidation sites excluding steroid dienone is 4. The van der Waals surface area contributed by atoms with Crippen molar-refractivity contribution in [2.45, 2.75) is 119 Å². The van der Waals surface area contributed by atoms with E-state index >= 15 is 0 Å². The van der Waals surface area contributed by atoms with E-state index in [1.54, 1.807) is 11.1 Å². The van der Waals surface area contributed by atoms with Crippen LogP contribution in [-0.4, -0.2) is 22.3 Å². The molecular weight excluding hydrogens is 408 g/mol. The maximum Gasteiger partial charge on any atom is 0.306 e. The maximum atomic E-state index is 12.5. The molecule has 0 heterocycles. The van der Waals surface area contributed by atoms with Gasteiger partial charge in [-0.05, 0) is 112 Å². The molecule has 0 spiro atoms. The van der Waals surface area contributed by atoms with E-state index in [9.17, 15) is 15.0 Å². The van der Waals surface area contributed by atoms with Gasteiger partial charge >= 0.3 is 5.97 Å². The average molecular weight is 457 g/mol. The summed E-state index contributed by atoms with van der Waals surface area (Å²) in [6.07, 6.45) is 12.3. The molecule has 3 nitrogen and oxygen atoms in total. The van der Waals surface area contributed by atoms with Crippen LogP contribution in [0.1, 0.15) is 113 Å². The summed E-state index contributed by atoms with van der Waals surface area (Å²) in [6, 6.07) is 0. The third-order valence-corrected chi connectivity index (χ3v) is 11.6. The van der Waals surface area contributed by atoms with Crippen molar-refractivity contribution in [2.24, 2.45) is 39.4 Å². The molecule has 0 unspecified atom stereocenters. The van der Waals surface area contributed by atoms with E-state index < -0.39 is 5.97 Å². The van der Waals surface area contributed by atoms with Crippen molar-refractivity contribution in [1.29, 1.82) is 0 Å². The number of carbonyl (C=O) groups is 1. The van der Waals surface area contributed by atoms with Crippen LogP contribution < -0.4 is 0 Å². The molecule has 2 saturated carbocycles. The first-order chi connectivity index (χ1) is 15.3. The van der Waals surface area contributed by atoms with Crippen LogP contribution in [0.4, 0.5) is 0 Å². The molecule has 4 rings (SSSR count). The Bertz CT molecular complexity index is 862. The van der Waals surface area contributed by atoms with Gasteiger partial charge in [0.1, 0.15) is 0 Å². The van der Waals surface area contributed by atoms with Gasteiger partial charge < -0.3 is 10.2 Å². The Morgan fingerprint density at radius 1 is 1.00 bits per heavy atom. The zero-order valence-electron chi connectivity index (χ0n) is 22.3. The lowest BCUT2D eigenvalue weighted by atomic mass is 9.43. The second kappa shape index (κ2) is 8.25. The highest BCUT2D eigenvalue weighted by atomic mass is 16.4. The van der Waals surface area contributed by atoms with Crippen LogP contribution in [0.15, 0.2) is 22.8 Å². The van der Waals surface area contributed by atoms with Crippen LogP contribution in [0, 0.1) is 39.4 Å². The Balaban J connectivity index is 1.69. The number of aliphatic hydroxyl groups excluding tert-OH is 1. The van der Waals surface area contributed by atoms with Crippen LogP contribution >= 0.6 is 0 Å². The normalized spacial score (nSPS) is 42.7. The highest BCUT2D eigenvalue weighted by Crippen LogP contribution is 2.72. The second-order valence-electron chi connectivity index (χ2n) is 13.5. The van der Waals surface area contributed by atoms with Crippen LogP contribution in [0.5, 0.6) is 0 Å². The molecule has 4 aliphatic rings. The molecule has 0 aromatic heterocycles. The largest absolute Gasteiger partial charge is 0.481 e. The summed E-state index contributed by atoms with van der Waals surface area (Å²) in [4.78, 5) is 12.5. The minimum atomic E-state index is -0.592. The van der Waals surface area contributed by atoms with Gasteiger partial charge in [-0.2, -0.15) is 0 Å². The van der Waals surface area contributed by atoms with Crippen molar-refractivity contribution >= 4 is 5.97 Å². The van der Waals surface area contributed by atoms with Crippen molar-refractivity contribution < 1.29 is 15.0 Å². The minimum Gasteiger partial charge on any atom is -0.481 e. The topological polar surface area (TPSA) is 57.5 Å². The number of carboxylic acids is 1. The quantitative estimate of drug-likeness (QED) is 0.420. The van der Waals surface area contributed by atoms with Crippen LogP contribution in [0.25, 0.3) is 0 Å². The van der Waals surface area contributed by atoms with Gasteiger partial charge in [0.05, 0.1) is 12.0 Å². The molecule has 186 valence electrons. The zero-order chi connectivity index (χ0) is 24.4. The Morgan fingerprint density at radius 3 is 2.33 bits per heavy atom. The molecule has 2 fully saturated rings. The Morgan fingerprint density at radius 2 is 1.70 bits per heavy atom.